The fraction of sp³-hybridized carbons (Fsp3) is 0.650. The van der Waals surface area contributed by atoms with Gasteiger partial charge in [0.05, 0.1) is 18.8 Å². The molecule has 1 atom stereocenters. The van der Waals surface area contributed by atoms with Gasteiger partial charge in [-0.15, -0.1) is 0 Å². The van der Waals surface area contributed by atoms with Crippen LogP contribution in [0.1, 0.15) is 38.7 Å². The summed E-state index contributed by atoms with van der Waals surface area (Å²) in [5.41, 5.74) is 1.19. The van der Waals surface area contributed by atoms with E-state index in [9.17, 15) is 4.79 Å². The molecule has 0 radical (unpaired) electrons. The van der Waals surface area contributed by atoms with Crippen molar-refractivity contribution in [1.82, 2.24) is 10.2 Å². The second kappa shape index (κ2) is 10.4. The average molecular weight is 348 g/mol. The first-order chi connectivity index (χ1) is 12.0. The summed E-state index contributed by atoms with van der Waals surface area (Å²) in [4.78, 5) is 14.1. The molecule has 1 N–H and O–H groups in total. The largest absolute Gasteiger partial charge is 0.491 e. The first-order valence-corrected chi connectivity index (χ1v) is 9.35. The summed E-state index contributed by atoms with van der Waals surface area (Å²) in [5.74, 6) is 0.951. The van der Waals surface area contributed by atoms with Crippen molar-refractivity contribution in [3.63, 3.8) is 0 Å². The zero-order valence-corrected chi connectivity index (χ0v) is 15.8. The van der Waals surface area contributed by atoms with Crippen LogP contribution in [-0.2, 0) is 16.0 Å². The lowest BCUT2D eigenvalue weighted by Gasteiger charge is -2.27. The monoisotopic (exact) mass is 348 g/mol. The Morgan fingerprint density at radius 2 is 2.08 bits per heavy atom. The normalized spacial score (nSPS) is 17.7. The molecule has 0 saturated carbocycles. The van der Waals surface area contributed by atoms with E-state index in [2.05, 4.69) is 17.4 Å². The molecule has 1 saturated heterocycles. The van der Waals surface area contributed by atoms with Crippen LogP contribution in [-0.4, -0.2) is 56.3 Å². The molecule has 1 fully saturated rings. The molecule has 0 spiro atoms. The third kappa shape index (κ3) is 7.88. The third-order valence-electron chi connectivity index (χ3n) is 4.23. The van der Waals surface area contributed by atoms with E-state index in [0.29, 0.717) is 13.1 Å². The van der Waals surface area contributed by atoms with E-state index in [1.807, 2.05) is 37.9 Å². The van der Waals surface area contributed by atoms with Crippen molar-refractivity contribution >= 4 is 5.91 Å². The molecule has 0 aromatic heterocycles. The molecule has 2 rings (SSSR count). The standard InChI is InChI=1S/C20H32N2O3/c1-16(2)25-18-9-7-17(8-10-18)11-12-21-20(23)15-22(3)14-19-6-4-5-13-24-19/h7-10,16,19H,4-6,11-15H2,1-3H3,(H,21,23). The number of carbonyl (C=O) groups excluding carboxylic acids is 1. The Morgan fingerprint density at radius 3 is 2.72 bits per heavy atom. The van der Waals surface area contributed by atoms with Crippen LogP contribution in [0.5, 0.6) is 5.75 Å². The van der Waals surface area contributed by atoms with Gasteiger partial charge < -0.3 is 14.8 Å². The molecular formula is C20H32N2O3. The van der Waals surface area contributed by atoms with Gasteiger partial charge in [-0.2, -0.15) is 0 Å². The summed E-state index contributed by atoms with van der Waals surface area (Å²) in [7, 11) is 1.98. The summed E-state index contributed by atoms with van der Waals surface area (Å²) in [6.07, 6.45) is 4.77. The van der Waals surface area contributed by atoms with Crippen LogP contribution in [0.4, 0.5) is 0 Å². The first kappa shape index (κ1) is 19.7. The lowest BCUT2D eigenvalue weighted by Crippen LogP contribution is -2.40. The number of ether oxygens (including phenoxy) is 2. The van der Waals surface area contributed by atoms with E-state index >= 15 is 0 Å². The number of rotatable bonds is 9. The van der Waals surface area contributed by atoms with E-state index in [1.165, 1.54) is 12.0 Å². The number of likely N-dealkylation sites (N-methyl/N-ethyl adjacent to an activating group) is 1. The summed E-state index contributed by atoms with van der Waals surface area (Å²) >= 11 is 0. The number of nitrogens with one attached hydrogen (secondary N) is 1. The molecule has 1 heterocycles. The fourth-order valence-electron chi connectivity index (χ4n) is 3.02. The van der Waals surface area contributed by atoms with Gasteiger partial charge in [-0.05, 0) is 64.3 Å². The number of benzene rings is 1. The topological polar surface area (TPSA) is 50.8 Å². The van der Waals surface area contributed by atoms with Crippen LogP contribution < -0.4 is 10.1 Å². The summed E-state index contributed by atoms with van der Waals surface area (Å²) in [6, 6.07) is 8.07. The van der Waals surface area contributed by atoms with Crippen molar-refractivity contribution < 1.29 is 14.3 Å². The molecule has 1 aromatic rings. The maximum Gasteiger partial charge on any atom is 0.234 e. The van der Waals surface area contributed by atoms with Crippen LogP contribution in [0.25, 0.3) is 0 Å². The van der Waals surface area contributed by atoms with Crippen LogP contribution in [0, 0.1) is 0 Å². The number of hydrogen-bond donors (Lipinski definition) is 1. The molecule has 5 nitrogen and oxygen atoms in total. The molecule has 1 aromatic carbocycles. The quantitative estimate of drug-likeness (QED) is 0.745. The highest BCUT2D eigenvalue weighted by Crippen LogP contribution is 2.14. The van der Waals surface area contributed by atoms with Crippen LogP contribution in [0.3, 0.4) is 0 Å². The molecule has 0 bridgehead atoms. The second-order valence-electron chi connectivity index (χ2n) is 7.10. The van der Waals surface area contributed by atoms with Gasteiger partial charge in [-0.25, -0.2) is 0 Å². The predicted molar refractivity (Wildman–Crippen MR) is 100 cm³/mol. The Morgan fingerprint density at radius 1 is 1.32 bits per heavy atom. The minimum absolute atomic E-state index is 0.0677. The van der Waals surface area contributed by atoms with Gasteiger partial charge in [-0.1, -0.05) is 12.1 Å². The summed E-state index contributed by atoms with van der Waals surface area (Å²) in [5, 5.41) is 2.99. The number of nitrogens with zero attached hydrogens (tertiary/aromatic N) is 1. The number of carbonyl (C=O) groups is 1. The van der Waals surface area contributed by atoms with Crippen LogP contribution in [0.2, 0.25) is 0 Å². The second-order valence-corrected chi connectivity index (χ2v) is 7.10. The molecule has 1 amide bonds. The summed E-state index contributed by atoms with van der Waals surface area (Å²) in [6.45, 7) is 6.77. The average Bonchev–Trinajstić information content (AvgIpc) is 2.56. The highest BCUT2D eigenvalue weighted by atomic mass is 16.5. The lowest BCUT2D eigenvalue weighted by atomic mass is 10.1. The number of amides is 1. The van der Waals surface area contributed by atoms with Crippen LogP contribution in [0.15, 0.2) is 24.3 Å². The SMILES string of the molecule is CC(C)Oc1ccc(CCNC(=O)CN(C)CC2CCCCO2)cc1. The van der Waals surface area contributed by atoms with E-state index in [-0.39, 0.29) is 18.1 Å². The highest BCUT2D eigenvalue weighted by Gasteiger charge is 2.17. The Bertz CT molecular complexity index is 510. The van der Waals surface area contributed by atoms with Gasteiger partial charge in [-0.3, -0.25) is 9.69 Å². The third-order valence-corrected chi connectivity index (χ3v) is 4.23. The number of hydrogen-bond acceptors (Lipinski definition) is 4. The first-order valence-electron chi connectivity index (χ1n) is 9.35. The molecule has 140 valence electrons. The van der Waals surface area contributed by atoms with Gasteiger partial charge in [0, 0.05) is 19.7 Å². The van der Waals surface area contributed by atoms with Crippen molar-refractivity contribution in [2.45, 2.75) is 51.7 Å². The smallest absolute Gasteiger partial charge is 0.234 e. The molecule has 1 aliphatic rings. The van der Waals surface area contributed by atoms with E-state index in [0.717, 1.165) is 38.2 Å². The molecular weight excluding hydrogens is 316 g/mol. The Balaban J connectivity index is 1.62. The molecule has 1 aliphatic heterocycles. The maximum absolute atomic E-state index is 12.0. The van der Waals surface area contributed by atoms with Crippen molar-refractivity contribution in [1.29, 1.82) is 0 Å². The van der Waals surface area contributed by atoms with E-state index in [1.54, 1.807) is 0 Å². The molecule has 0 aliphatic carbocycles. The van der Waals surface area contributed by atoms with E-state index in [4.69, 9.17) is 9.47 Å². The minimum atomic E-state index is 0.0677. The zero-order chi connectivity index (χ0) is 18.1. The summed E-state index contributed by atoms with van der Waals surface area (Å²) < 4.78 is 11.4. The van der Waals surface area contributed by atoms with Crippen LogP contribution >= 0.6 is 0 Å². The molecule has 25 heavy (non-hydrogen) atoms. The fourth-order valence-corrected chi connectivity index (χ4v) is 3.02. The van der Waals surface area contributed by atoms with Crippen molar-refractivity contribution in [2.24, 2.45) is 0 Å². The molecule has 5 heteroatoms. The molecule has 1 unspecified atom stereocenters. The van der Waals surface area contributed by atoms with Gasteiger partial charge in [0.1, 0.15) is 5.75 Å². The van der Waals surface area contributed by atoms with Gasteiger partial charge in [0.25, 0.3) is 0 Å². The predicted octanol–water partition coefficient (Wildman–Crippen LogP) is 2.63. The lowest BCUT2D eigenvalue weighted by molar-refractivity contribution is -0.122. The minimum Gasteiger partial charge on any atom is -0.491 e. The van der Waals surface area contributed by atoms with E-state index < -0.39 is 0 Å². The Kier molecular flexibility index (Phi) is 8.22. The Hall–Kier alpha value is -1.59. The Labute approximate surface area is 151 Å². The highest BCUT2D eigenvalue weighted by molar-refractivity contribution is 5.77. The van der Waals surface area contributed by atoms with Crippen molar-refractivity contribution in [3.05, 3.63) is 29.8 Å². The van der Waals surface area contributed by atoms with Gasteiger partial charge >= 0.3 is 0 Å². The zero-order valence-electron chi connectivity index (χ0n) is 15.8. The van der Waals surface area contributed by atoms with Gasteiger partial charge in [0.2, 0.25) is 5.91 Å². The maximum atomic E-state index is 12.0. The van der Waals surface area contributed by atoms with Crippen molar-refractivity contribution in [2.75, 3.05) is 33.3 Å². The van der Waals surface area contributed by atoms with Crippen molar-refractivity contribution in [3.8, 4) is 5.75 Å². The van der Waals surface area contributed by atoms with Gasteiger partial charge in [0.15, 0.2) is 0 Å².